The van der Waals surface area contributed by atoms with Gasteiger partial charge in [-0.05, 0) is 38.0 Å². The van der Waals surface area contributed by atoms with E-state index in [1.165, 1.54) is 17.8 Å². The Kier molecular flexibility index (Phi) is 5.43. The van der Waals surface area contributed by atoms with Gasteiger partial charge in [0.2, 0.25) is 10.0 Å². The summed E-state index contributed by atoms with van der Waals surface area (Å²) in [5, 5.41) is 0. The van der Waals surface area contributed by atoms with Crippen LogP contribution in [0.5, 0.6) is 0 Å². The van der Waals surface area contributed by atoms with Crippen LogP contribution in [0.1, 0.15) is 51.4 Å². The summed E-state index contributed by atoms with van der Waals surface area (Å²) in [6.07, 6.45) is 7.75. The molecule has 116 valence electrons. The molecule has 0 spiro atoms. The highest BCUT2D eigenvalue weighted by atomic mass is 32.2. The summed E-state index contributed by atoms with van der Waals surface area (Å²) >= 11 is 0. The molecule has 0 unspecified atom stereocenters. The van der Waals surface area contributed by atoms with E-state index >= 15 is 0 Å². The molecule has 0 aromatic heterocycles. The molecule has 2 fully saturated rings. The van der Waals surface area contributed by atoms with Crippen molar-refractivity contribution >= 4 is 16.0 Å². The Labute approximate surface area is 121 Å². The smallest absolute Gasteiger partial charge is 0.324 e. The molecule has 1 aliphatic heterocycles. The van der Waals surface area contributed by atoms with Crippen molar-refractivity contribution in [3.8, 4) is 0 Å². The van der Waals surface area contributed by atoms with Gasteiger partial charge in [0.25, 0.3) is 0 Å². The lowest BCUT2D eigenvalue weighted by atomic mass is 9.91. The predicted octanol–water partition coefficient (Wildman–Crippen LogP) is 1.92. The number of piperidine rings is 1. The number of nitrogens with zero attached hydrogens (tertiary/aromatic N) is 1. The van der Waals surface area contributed by atoms with E-state index in [4.69, 9.17) is 4.74 Å². The van der Waals surface area contributed by atoms with Gasteiger partial charge < -0.3 is 4.74 Å². The van der Waals surface area contributed by atoms with Gasteiger partial charge in [-0.1, -0.05) is 19.3 Å². The summed E-state index contributed by atoms with van der Waals surface area (Å²) in [6.45, 7) is 0.453. The van der Waals surface area contributed by atoms with Crippen molar-refractivity contribution in [3.63, 3.8) is 0 Å². The van der Waals surface area contributed by atoms with Crippen molar-refractivity contribution in [3.05, 3.63) is 0 Å². The van der Waals surface area contributed by atoms with Crippen LogP contribution < -0.4 is 0 Å². The van der Waals surface area contributed by atoms with Crippen LogP contribution in [0.15, 0.2) is 0 Å². The molecule has 0 aromatic rings. The van der Waals surface area contributed by atoms with E-state index in [0.717, 1.165) is 38.5 Å². The summed E-state index contributed by atoms with van der Waals surface area (Å²) in [4.78, 5) is 11.8. The molecule has 2 aliphatic rings. The number of carbonyl (C=O) groups excluding carboxylic acids is 1. The number of ether oxygens (including phenoxy) is 1. The molecular weight excluding hydrogens is 278 g/mol. The Bertz CT molecular complexity index is 428. The highest BCUT2D eigenvalue weighted by Crippen LogP contribution is 2.28. The first-order chi connectivity index (χ1) is 9.54. The topological polar surface area (TPSA) is 63.7 Å². The Balaban J connectivity index is 2.06. The molecule has 1 atom stereocenters. The number of hydrogen-bond donors (Lipinski definition) is 0. The van der Waals surface area contributed by atoms with E-state index in [1.807, 2.05) is 0 Å². The van der Waals surface area contributed by atoms with E-state index in [1.54, 1.807) is 0 Å². The molecule has 5 nitrogen and oxygen atoms in total. The van der Waals surface area contributed by atoms with Crippen molar-refractivity contribution < 1.29 is 17.9 Å². The van der Waals surface area contributed by atoms with Gasteiger partial charge in [-0.25, -0.2) is 8.42 Å². The maximum Gasteiger partial charge on any atom is 0.324 e. The van der Waals surface area contributed by atoms with E-state index < -0.39 is 22.0 Å². The Hall–Kier alpha value is -0.620. The van der Waals surface area contributed by atoms with Gasteiger partial charge in [-0.3, -0.25) is 4.79 Å². The number of sulfonamides is 1. The zero-order valence-corrected chi connectivity index (χ0v) is 13.0. The number of methoxy groups -OCH3 is 1. The van der Waals surface area contributed by atoms with E-state index in [-0.39, 0.29) is 11.7 Å². The third-order valence-corrected chi connectivity index (χ3v) is 6.50. The number of esters is 1. The second-order valence-corrected chi connectivity index (χ2v) is 7.89. The molecule has 20 heavy (non-hydrogen) atoms. The minimum Gasteiger partial charge on any atom is -0.468 e. The minimum absolute atomic E-state index is 0.195. The minimum atomic E-state index is -3.35. The van der Waals surface area contributed by atoms with Crippen LogP contribution in [0.4, 0.5) is 0 Å². The second-order valence-electron chi connectivity index (χ2n) is 5.93. The first kappa shape index (κ1) is 15.8. The fourth-order valence-electron chi connectivity index (χ4n) is 3.36. The van der Waals surface area contributed by atoms with Crippen molar-refractivity contribution in [2.75, 3.05) is 19.4 Å². The standard InChI is InChI=1S/C14H25NO4S/c1-19-14(16)13-9-5-6-10-15(13)20(17,18)11-12-7-3-2-4-8-12/h12-13H,2-11H2,1H3/t13-/m0/s1. The Morgan fingerprint density at radius 3 is 2.40 bits per heavy atom. The summed E-state index contributed by atoms with van der Waals surface area (Å²) < 4.78 is 31.4. The largest absolute Gasteiger partial charge is 0.468 e. The molecule has 0 N–H and O–H groups in total. The van der Waals surface area contributed by atoms with Crippen molar-refractivity contribution in [2.24, 2.45) is 5.92 Å². The van der Waals surface area contributed by atoms with E-state index in [2.05, 4.69) is 0 Å². The molecule has 1 saturated heterocycles. The van der Waals surface area contributed by atoms with Gasteiger partial charge in [0.1, 0.15) is 6.04 Å². The monoisotopic (exact) mass is 303 g/mol. The van der Waals surface area contributed by atoms with Gasteiger partial charge in [0.05, 0.1) is 12.9 Å². The molecule has 0 amide bonds. The molecular formula is C14H25NO4S. The predicted molar refractivity (Wildman–Crippen MR) is 76.7 cm³/mol. The molecule has 0 radical (unpaired) electrons. The SMILES string of the molecule is COC(=O)[C@@H]1CCCCN1S(=O)(=O)CC1CCCCC1. The second kappa shape index (κ2) is 6.89. The summed E-state index contributed by atoms with van der Waals surface area (Å²) in [5.41, 5.74) is 0. The molecule has 1 aliphatic carbocycles. The maximum absolute atomic E-state index is 12.6. The van der Waals surface area contributed by atoms with Crippen LogP contribution in [-0.4, -0.2) is 44.1 Å². The lowest BCUT2D eigenvalue weighted by Crippen LogP contribution is -2.49. The van der Waals surface area contributed by atoms with Gasteiger partial charge in [-0.15, -0.1) is 0 Å². The Morgan fingerprint density at radius 1 is 1.10 bits per heavy atom. The van der Waals surface area contributed by atoms with E-state index in [9.17, 15) is 13.2 Å². The van der Waals surface area contributed by atoms with Crippen LogP contribution in [0.3, 0.4) is 0 Å². The summed E-state index contributed by atoms with van der Waals surface area (Å²) in [7, 11) is -2.03. The first-order valence-electron chi connectivity index (χ1n) is 7.62. The molecule has 0 aromatic carbocycles. The average molecular weight is 303 g/mol. The molecule has 0 bridgehead atoms. The van der Waals surface area contributed by atoms with Gasteiger partial charge in [-0.2, -0.15) is 4.31 Å². The van der Waals surface area contributed by atoms with Crippen LogP contribution in [0.25, 0.3) is 0 Å². The van der Waals surface area contributed by atoms with Crippen molar-refractivity contribution in [1.29, 1.82) is 0 Å². The van der Waals surface area contributed by atoms with Gasteiger partial charge in [0.15, 0.2) is 0 Å². The average Bonchev–Trinajstić information content (AvgIpc) is 2.47. The molecule has 1 saturated carbocycles. The number of rotatable bonds is 4. The molecule has 2 rings (SSSR count). The summed E-state index contributed by atoms with van der Waals surface area (Å²) in [5.74, 6) is 0.0337. The third-order valence-electron chi connectivity index (χ3n) is 4.46. The highest BCUT2D eigenvalue weighted by Gasteiger charge is 2.38. The van der Waals surface area contributed by atoms with Crippen LogP contribution in [0.2, 0.25) is 0 Å². The van der Waals surface area contributed by atoms with E-state index in [0.29, 0.717) is 13.0 Å². The normalized spacial score (nSPS) is 26.4. The van der Waals surface area contributed by atoms with Crippen molar-refractivity contribution in [1.82, 2.24) is 4.31 Å². The number of hydrogen-bond acceptors (Lipinski definition) is 4. The lowest BCUT2D eigenvalue weighted by Gasteiger charge is -2.34. The first-order valence-corrected chi connectivity index (χ1v) is 9.23. The lowest BCUT2D eigenvalue weighted by molar-refractivity contribution is -0.146. The highest BCUT2D eigenvalue weighted by molar-refractivity contribution is 7.89. The van der Waals surface area contributed by atoms with Gasteiger partial charge >= 0.3 is 5.97 Å². The van der Waals surface area contributed by atoms with Crippen molar-refractivity contribution in [2.45, 2.75) is 57.4 Å². The van der Waals surface area contributed by atoms with Gasteiger partial charge in [0, 0.05) is 6.54 Å². The third kappa shape index (κ3) is 3.73. The fourth-order valence-corrected chi connectivity index (χ4v) is 5.46. The maximum atomic E-state index is 12.6. The number of carbonyl (C=O) groups is 1. The Morgan fingerprint density at radius 2 is 1.75 bits per heavy atom. The molecule has 1 heterocycles. The zero-order chi connectivity index (χ0) is 14.6. The van der Waals surface area contributed by atoms with Crippen LogP contribution >= 0.6 is 0 Å². The zero-order valence-electron chi connectivity index (χ0n) is 12.2. The molecule has 6 heteroatoms. The quantitative estimate of drug-likeness (QED) is 0.744. The fraction of sp³-hybridized carbons (Fsp3) is 0.929. The van der Waals surface area contributed by atoms with Crippen LogP contribution in [-0.2, 0) is 19.6 Å². The summed E-state index contributed by atoms with van der Waals surface area (Å²) in [6, 6.07) is -0.609. The van der Waals surface area contributed by atoms with Crippen LogP contribution in [0, 0.1) is 5.92 Å².